The number of nitrogens with two attached hydrogens (primary N) is 1. The van der Waals surface area contributed by atoms with Crippen molar-refractivity contribution in [2.24, 2.45) is 0 Å². The van der Waals surface area contributed by atoms with Gasteiger partial charge in [0.25, 0.3) is 0 Å². The van der Waals surface area contributed by atoms with Crippen LogP contribution >= 0.6 is 0 Å². The molecule has 0 unspecified atom stereocenters. The molecule has 3 rings (SSSR count). The molecule has 0 atom stereocenters. The van der Waals surface area contributed by atoms with Crippen LogP contribution in [0.2, 0.25) is 0 Å². The number of hydrogen-bond acceptors (Lipinski definition) is 4. The van der Waals surface area contributed by atoms with Gasteiger partial charge in [-0.3, -0.25) is 0 Å². The van der Waals surface area contributed by atoms with Gasteiger partial charge in [-0.15, -0.1) is 0 Å². The van der Waals surface area contributed by atoms with Gasteiger partial charge in [-0.2, -0.15) is 0 Å². The summed E-state index contributed by atoms with van der Waals surface area (Å²) in [5.74, 6) is 6.27. The number of benzene rings is 1. The van der Waals surface area contributed by atoms with E-state index in [4.69, 9.17) is 10.5 Å². The molecule has 0 spiro atoms. The van der Waals surface area contributed by atoms with E-state index in [1.54, 1.807) is 36.7 Å². The van der Waals surface area contributed by atoms with E-state index >= 15 is 0 Å². The number of anilines is 1. The zero-order valence-corrected chi connectivity index (χ0v) is 12.0. The fraction of sp³-hybridized carbons (Fsp3) is 0. The maximum Gasteiger partial charge on any atom is 0.221 e. The third-order valence-corrected chi connectivity index (χ3v) is 2.79. The number of hydrogen-bond donors (Lipinski definition) is 1. The van der Waals surface area contributed by atoms with E-state index < -0.39 is 5.82 Å². The number of aromatic nitrogens is 3. The van der Waals surface area contributed by atoms with Gasteiger partial charge in [-0.05, 0) is 30.2 Å². The zero-order chi connectivity index (χ0) is 16.1. The van der Waals surface area contributed by atoms with E-state index in [0.29, 0.717) is 22.8 Å². The van der Waals surface area contributed by atoms with Crippen molar-refractivity contribution in [1.29, 1.82) is 0 Å². The smallest absolute Gasteiger partial charge is 0.221 e. The number of halogens is 1. The number of ether oxygens (including phenoxy) is 1. The number of aromatic amines is 1. The van der Waals surface area contributed by atoms with Crippen LogP contribution < -0.4 is 15.5 Å². The van der Waals surface area contributed by atoms with Crippen molar-refractivity contribution in [3.05, 3.63) is 72.1 Å². The van der Waals surface area contributed by atoms with Crippen molar-refractivity contribution in [3.8, 4) is 23.3 Å². The lowest BCUT2D eigenvalue weighted by atomic mass is 10.2. The molecule has 3 N–H and O–H groups in total. The van der Waals surface area contributed by atoms with Gasteiger partial charge >= 0.3 is 0 Å². The van der Waals surface area contributed by atoms with Crippen molar-refractivity contribution < 1.29 is 14.1 Å². The second-order valence-corrected chi connectivity index (χ2v) is 4.57. The number of nitrogens with zero attached hydrogens (tertiary/aromatic N) is 2. The molecule has 23 heavy (non-hydrogen) atoms. The van der Waals surface area contributed by atoms with Crippen molar-refractivity contribution in [3.63, 3.8) is 0 Å². The van der Waals surface area contributed by atoms with Crippen molar-refractivity contribution in [2.45, 2.75) is 0 Å². The average Bonchev–Trinajstić information content (AvgIpc) is 2.53. The van der Waals surface area contributed by atoms with Gasteiger partial charge in [0.2, 0.25) is 12.1 Å². The van der Waals surface area contributed by atoms with Crippen LogP contribution in [-0.2, 0) is 0 Å². The number of rotatable bonds is 2. The lowest BCUT2D eigenvalue weighted by Crippen LogP contribution is -1.98. The first-order valence-electron chi connectivity index (χ1n) is 6.74. The van der Waals surface area contributed by atoms with E-state index in [1.165, 1.54) is 18.3 Å². The molecule has 0 fully saturated rings. The van der Waals surface area contributed by atoms with Crippen LogP contribution in [0.15, 0.2) is 55.0 Å². The van der Waals surface area contributed by atoms with Crippen LogP contribution in [0.1, 0.15) is 11.3 Å². The Morgan fingerprint density at radius 2 is 2.04 bits per heavy atom. The Hall–Kier alpha value is -3.46. The second kappa shape index (κ2) is 6.54. The average molecular weight is 307 g/mol. The molecule has 1 aromatic carbocycles. The molecule has 0 aliphatic rings. The standard InChI is InChI=1S/C17H11FN4O/c18-13-8-12(3-4-14-5-7-21-17(19)22-14)9-16(10-13)23-15-2-1-6-20-11-15/h1-2,5-11H,(H2,19,21,22)/p+1. The van der Waals surface area contributed by atoms with Crippen LogP contribution in [-0.4, -0.2) is 9.97 Å². The molecule has 0 amide bonds. The lowest BCUT2D eigenvalue weighted by Gasteiger charge is -2.04. The first-order chi connectivity index (χ1) is 11.2. The first kappa shape index (κ1) is 14.5. The largest absolute Gasteiger partial charge is 0.451 e. The van der Waals surface area contributed by atoms with E-state index in [2.05, 4.69) is 26.8 Å². The van der Waals surface area contributed by atoms with Crippen molar-refractivity contribution in [2.75, 3.05) is 5.73 Å². The summed E-state index contributed by atoms with van der Waals surface area (Å²) >= 11 is 0. The van der Waals surface area contributed by atoms with Crippen LogP contribution in [0.4, 0.5) is 10.3 Å². The number of nitrogens with one attached hydrogen (secondary N) is 1. The minimum atomic E-state index is -0.436. The Morgan fingerprint density at radius 3 is 2.83 bits per heavy atom. The Bertz CT molecular complexity index is 888. The van der Waals surface area contributed by atoms with Gasteiger partial charge in [0.1, 0.15) is 17.3 Å². The molecule has 5 nitrogen and oxygen atoms in total. The van der Waals surface area contributed by atoms with Gasteiger partial charge in [0.15, 0.2) is 11.9 Å². The third-order valence-electron chi connectivity index (χ3n) is 2.79. The van der Waals surface area contributed by atoms with E-state index in [1.807, 2.05) is 0 Å². The summed E-state index contributed by atoms with van der Waals surface area (Å²) in [6.45, 7) is 0. The van der Waals surface area contributed by atoms with Crippen molar-refractivity contribution >= 4 is 5.95 Å². The summed E-state index contributed by atoms with van der Waals surface area (Å²) in [6.07, 6.45) is 4.93. The fourth-order valence-electron chi connectivity index (χ4n) is 1.85. The highest BCUT2D eigenvalue weighted by molar-refractivity contribution is 5.45. The maximum atomic E-state index is 13.7. The molecule has 0 radical (unpaired) electrons. The molecule has 2 aromatic heterocycles. The second-order valence-electron chi connectivity index (χ2n) is 4.57. The number of nitrogen functional groups attached to an aromatic ring is 1. The summed E-state index contributed by atoms with van der Waals surface area (Å²) in [4.78, 5) is 10.6. The van der Waals surface area contributed by atoms with Gasteiger partial charge in [0.05, 0.1) is 0 Å². The lowest BCUT2D eigenvalue weighted by molar-refractivity contribution is -0.378. The van der Waals surface area contributed by atoms with E-state index in [0.717, 1.165) is 0 Å². The Kier molecular flexibility index (Phi) is 4.11. The van der Waals surface area contributed by atoms with Crippen LogP contribution in [0.3, 0.4) is 0 Å². The summed E-state index contributed by atoms with van der Waals surface area (Å²) < 4.78 is 19.3. The molecule has 0 aliphatic heterocycles. The highest BCUT2D eigenvalue weighted by Gasteiger charge is 2.03. The molecule has 6 heteroatoms. The monoisotopic (exact) mass is 307 g/mol. The molecule has 0 bridgehead atoms. The highest BCUT2D eigenvalue weighted by atomic mass is 19.1. The summed E-state index contributed by atoms with van der Waals surface area (Å²) in [7, 11) is 0. The Labute approximate surface area is 132 Å². The molecular weight excluding hydrogens is 295 g/mol. The molecule has 2 heterocycles. The topological polar surface area (TPSA) is 75.2 Å². The van der Waals surface area contributed by atoms with Gasteiger partial charge in [-0.1, -0.05) is 5.92 Å². The SMILES string of the molecule is Nc1nccc(C#Cc2cc(F)cc(Oc3ccc[nH+]c3)c2)n1. The zero-order valence-electron chi connectivity index (χ0n) is 12.0. The number of pyridine rings is 1. The quantitative estimate of drug-likeness (QED) is 0.737. The van der Waals surface area contributed by atoms with E-state index in [9.17, 15) is 4.39 Å². The van der Waals surface area contributed by atoms with Gasteiger partial charge in [0, 0.05) is 23.9 Å². The summed E-state index contributed by atoms with van der Waals surface area (Å²) in [6, 6.07) is 9.43. The number of H-pyrrole nitrogens is 1. The summed E-state index contributed by atoms with van der Waals surface area (Å²) in [5, 5.41) is 0. The highest BCUT2D eigenvalue weighted by Crippen LogP contribution is 2.22. The molecule has 0 aliphatic carbocycles. The van der Waals surface area contributed by atoms with E-state index in [-0.39, 0.29) is 5.95 Å². The molecule has 3 aromatic rings. The predicted octanol–water partition coefficient (Wildman–Crippen LogP) is 2.20. The molecule has 112 valence electrons. The molecule has 0 saturated heterocycles. The van der Waals surface area contributed by atoms with Gasteiger partial charge in [-0.25, -0.2) is 19.3 Å². The minimum Gasteiger partial charge on any atom is -0.451 e. The molecular formula is C17H12FN4O+. The third kappa shape index (κ3) is 4.02. The van der Waals surface area contributed by atoms with Gasteiger partial charge < -0.3 is 10.5 Å². The minimum absolute atomic E-state index is 0.139. The van der Waals surface area contributed by atoms with Crippen LogP contribution in [0, 0.1) is 17.7 Å². The predicted molar refractivity (Wildman–Crippen MR) is 81.9 cm³/mol. The Balaban J connectivity index is 1.86. The normalized spacial score (nSPS) is 9.78. The Morgan fingerprint density at radius 1 is 1.13 bits per heavy atom. The van der Waals surface area contributed by atoms with Crippen molar-refractivity contribution in [1.82, 2.24) is 9.97 Å². The first-order valence-corrected chi connectivity index (χ1v) is 6.74. The van der Waals surface area contributed by atoms with Crippen LogP contribution in [0.25, 0.3) is 0 Å². The fourth-order valence-corrected chi connectivity index (χ4v) is 1.85. The van der Waals surface area contributed by atoms with Crippen LogP contribution in [0.5, 0.6) is 11.5 Å². The maximum absolute atomic E-state index is 13.7. The summed E-state index contributed by atoms with van der Waals surface area (Å²) in [5.41, 5.74) is 6.42. The molecule has 0 saturated carbocycles.